The molecule has 1 heterocycles. The molecule has 0 saturated heterocycles. The summed E-state index contributed by atoms with van der Waals surface area (Å²) in [6, 6.07) is 6.53. The second kappa shape index (κ2) is 7.52. The van der Waals surface area contributed by atoms with Crippen LogP contribution >= 0.6 is 11.5 Å². The first-order valence-electron chi connectivity index (χ1n) is 7.31. The van der Waals surface area contributed by atoms with Crippen LogP contribution in [-0.4, -0.2) is 23.7 Å². The molecule has 0 radical (unpaired) electrons. The maximum absolute atomic E-state index is 5.49. The average Bonchev–Trinajstić information content (AvgIpc) is 2.93. The Morgan fingerprint density at radius 3 is 2.86 bits per heavy atom. The molecular weight excluding hydrogens is 282 g/mol. The number of aromatic nitrogens is 2. The van der Waals surface area contributed by atoms with E-state index < -0.39 is 0 Å². The molecule has 0 fully saturated rings. The van der Waals surface area contributed by atoms with Crippen molar-refractivity contribution in [2.24, 2.45) is 0 Å². The van der Waals surface area contributed by atoms with Gasteiger partial charge in [-0.05, 0) is 50.0 Å². The van der Waals surface area contributed by atoms with E-state index in [1.165, 1.54) is 27.5 Å². The van der Waals surface area contributed by atoms with E-state index in [0.717, 1.165) is 30.7 Å². The molecule has 1 atom stereocenters. The van der Waals surface area contributed by atoms with Crippen molar-refractivity contribution in [2.45, 2.75) is 39.2 Å². The molecule has 1 N–H and O–H groups in total. The monoisotopic (exact) mass is 305 g/mol. The first-order valence-corrected chi connectivity index (χ1v) is 8.08. The van der Waals surface area contributed by atoms with Crippen LogP contribution in [-0.2, 0) is 12.8 Å². The fourth-order valence-electron chi connectivity index (χ4n) is 2.50. The zero-order valence-electron chi connectivity index (χ0n) is 13.1. The minimum Gasteiger partial charge on any atom is -0.496 e. The molecular formula is C16H23N3OS. The SMILES string of the molecule is CCCc1nnsc1C(Cc1cc(C)ccc1OC)NC. The molecule has 2 rings (SSSR count). The molecule has 0 aliphatic carbocycles. The highest BCUT2D eigenvalue weighted by Gasteiger charge is 2.19. The van der Waals surface area contributed by atoms with Crippen LogP contribution in [0.4, 0.5) is 0 Å². The third-order valence-electron chi connectivity index (χ3n) is 3.60. The number of hydrogen-bond donors (Lipinski definition) is 1. The molecule has 0 amide bonds. The van der Waals surface area contributed by atoms with Gasteiger partial charge in [-0.25, -0.2) is 0 Å². The Labute approximate surface area is 130 Å². The Kier molecular flexibility index (Phi) is 5.70. The van der Waals surface area contributed by atoms with E-state index in [-0.39, 0.29) is 6.04 Å². The normalized spacial score (nSPS) is 12.4. The Bertz CT molecular complexity index is 583. The fraction of sp³-hybridized carbons (Fsp3) is 0.500. The summed E-state index contributed by atoms with van der Waals surface area (Å²) in [6.07, 6.45) is 2.94. The molecule has 1 aromatic carbocycles. The zero-order chi connectivity index (χ0) is 15.2. The molecule has 0 spiro atoms. The summed E-state index contributed by atoms with van der Waals surface area (Å²) < 4.78 is 9.62. The van der Waals surface area contributed by atoms with Gasteiger partial charge in [-0.1, -0.05) is 35.5 Å². The molecule has 2 aromatic rings. The van der Waals surface area contributed by atoms with Crippen LogP contribution in [0.3, 0.4) is 0 Å². The summed E-state index contributed by atoms with van der Waals surface area (Å²) in [5.74, 6) is 0.940. The minimum absolute atomic E-state index is 0.224. The first kappa shape index (κ1) is 15.9. The van der Waals surface area contributed by atoms with E-state index in [1.807, 2.05) is 13.1 Å². The van der Waals surface area contributed by atoms with Gasteiger partial charge in [-0.3, -0.25) is 0 Å². The van der Waals surface area contributed by atoms with Gasteiger partial charge in [0.2, 0.25) is 0 Å². The second-order valence-electron chi connectivity index (χ2n) is 5.19. The van der Waals surface area contributed by atoms with Gasteiger partial charge in [-0.15, -0.1) is 5.10 Å². The topological polar surface area (TPSA) is 47.0 Å². The standard InChI is InChI=1S/C16H23N3OS/c1-5-6-13-16(21-19-18-13)14(17-3)10-12-9-11(2)7-8-15(12)20-4/h7-9,14,17H,5-6,10H2,1-4H3. The summed E-state index contributed by atoms with van der Waals surface area (Å²) in [7, 11) is 3.71. The summed E-state index contributed by atoms with van der Waals surface area (Å²) in [6.45, 7) is 4.27. The number of aryl methyl sites for hydroxylation is 2. The first-order chi connectivity index (χ1) is 10.2. The Morgan fingerprint density at radius 1 is 1.38 bits per heavy atom. The molecule has 0 saturated carbocycles. The Balaban J connectivity index is 2.26. The molecule has 1 unspecified atom stereocenters. The van der Waals surface area contributed by atoms with Crippen molar-refractivity contribution < 1.29 is 4.74 Å². The van der Waals surface area contributed by atoms with Crippen molar-refractivity contribution in [3.05, 3.63) is 39.9 Å². The lowest BCUT2D eigenvalue weighted by Gasteiger charge is -2.17. The molecule has 5 heteroatoms. The van der Waals surface area contributed by atoms with Crippen LogP contribution in [0.5, 0.6) is 5.75 Å². The summed E-state index contributed by atoms with van der Waals surface area (Å²) in [5, 5.41) is 7.67. The maximum Gasteiger partial charge on any atom is 0.122 e. The van der Waals surface area contributed by atoms with Gasteiger partial charge in [0.15, 0.2) is 0 Å². The van der Waals surface area contributed by atoms with E-state index in [2.05, 4.69) is 40.9 Å². The van der Waals surface area contributed by atoms with E-state index in [9.17, 15) is 0 Å². The van der Waals surface area contributed by atoms with Crippen molar-refractivity contribution in [2.75, 3.05) is 14.2 Å². The predicted molar refractivity (Wildman–Crippen MR) is 87.1 cm³/mol. The highest BCUT2D eigenvalue weighted by atomic mass is 32.1. The van der Waals surface area contributed by atoms with Gasteiger partial charge in [0.05, 0.1) is 17.7 Å². The van der Waals surface area contributed by atoms with Crippen LogP contribution in [0.25, 0.3) is 0 Å². The number of ether oxygens (including phenoxy) is 1. The number of nitrogens with zero attached hydrogens (tertiary/aromatic N) is 2. The van der Waals surface area contributed by atoms with Crippen LogP contribution < -0.4 is 10.1 Å². The smallest absolute Gasteiger partial charge is 0.122 e. The van der Waals surface area contributed by atoms with Gasteiger partial charge < -0.3 is 10.1 Å². The highest BCUT2D eigenvalue weighted by Crippen LogP contribution is 2.29. The number of nitrogens with one attached hydrogen (secondary N) is 1. The van der Waals surface area contributed by atoms with Crippen molar-refractivity contribution in [1.29, 1.82) is 0 Å². The number of hydrogen-bond acceptors (Lipinski definition) is 5. The zero-order valence-corrected chi connectivity index (χ0v) is 14.0. The van der Waals surface area contributed by atoms with E-state index in [0.29, 0.717) is 0 Å². The Hall–Kier alpha value is -1.46. The summed E-state index contributed by atoms with van der Waals surface area (Å²) in [5.41, 5.74) is 3.58. The van der Waals surface area contributed by atoms with E-state index in [1.54, 1.807) is 7.11 Å². The van der Waals surface area contributed by atoms with Gasteiger partial charge in [0.25, 0.3) is 0 Å². The van der Waals surface area contributed by atoms with Crippen LogP contribution in [0.15, 0.2) is 18.2 Å². The number of methoxy groups -OCH3 is 1. The fourth-order valence-corrected chi connectivity index (χ4v) is 3.31. The third kappa shape index (κ3) is 3.80. The van der Waals surface area contributed by atoms with Crippen molar-refractivity contribution in [3.8, 4) is 5.75 Å². The van der Waals surface area contributed by atoms with Gasteiger partial charge in [0.1, 0.15) is 5.75 Å². The number of likely N-dealkylation sites (N-methyl/N-ethyl adjacent to an activating group) is 1. The predicted octanol–water partition coefficient (Wildman–Crippen LogP) is 3.31. The molecule has 0 aliphatic heterocycles. The number of rotatable bonds is 7. The Morgan fingerprint density at radius 2 is 2.19 bits per heavy atom. The molecule has 1 aromatic heterocycles. The maximum atomic E-state index is 5.49. The van der Waals surface area contributed by atoms with E-state index in [4.69, 9.17) is 4.74 Å². The van der Waals surface area contributed by atoms with Crippen LogP contribution in [0.2, 0.25) is 0 Å². The second-order valence-corrected chi connectivity index (χ2v) is 5.98. The van der Waals surface area contributed by atoms with Gasteiger partial charge in [0, 0.05) is 6.04 Å². The average molecular weight is 305 g/mol. The largest absolute Gasteiger partial charge is 0.496 e. The van der Waals surface area contributed by atoms with Crippen LogP contribution in [0, 0.1) is 6.92 Å². The lowest BCUT2D eigenvalue weighted by atomic mass is 10.00. The highest BCUT2D eigenvalue weighted by molar-refractivity contribution is 7.05. The quantitative estimate of drug-likeness (QED) is 0.852. The van der Waals surface area contributed by atoms with Crippen molar-refractivity contribution in [1.82, 2.24) is 14.9 Å². The molecule has 4 nitrogen and oxygen atoms in total. The summed E-state index contributed by atoms with van der Waals surface area (Å²) >= 11 is 1.49. The summed E-state index contributed by atoms with van der Waals surface area (Å²) in [4.78, 5) is 1.24. The van der Waals surface area contributed by atoms with Gasteiger partial charge in [-0.2, -0.15) is 0 Å². The number of benzene rings is 1. The van der Waals surface area contributed by atoms with Crippen molar-refractivity contribution >= 4 is 11.5 Å². The minimum atomic E-state index is 0.224. The lowest BCUT2D eigenvalue weighted by Crippen LogP contribution is -2.19. The van der Waals surface area contributed by atoms with Gasteiger partial charge >= 0.3 is 0 Å². The van der Waals surface area contributed by atoms with Crippen LogP contribution in [0.1, 0.15) is 41.1 Å². The molecule has 114 valence electrons. The molecule has 21 heavy (non-hydrogen) atoms. The van der Waals surface area contributed by atoms with Crippen molar-refractivity contribution in [3.63, 3.8) is 0 Å². The molecule has 0 bridgehead atoms. The lowest BCUT2D eigenvalue weighted by molar-refractivity contribution is 0.406. The third-order valence-corrected chi connectivity index (χ3v) is 4.48. The molecule has 0 aliphatic rings. The van der Waals surface area contributed by atoms with E-state index >= 15 is 0 Å².